The van der Waals surface area contributed by atoms with Crippen LogP contribution >= 0.6 is 0 Å². The second kappa shape index (κ2) is 4.95. The number of fused-ring (bicyclic) bond motifs is 2. The van der Waals surface area contributed by atoms with Gasteiger partial charge in [-0.2, -0.15) is 0 Å². The quantitative estimate of drug-likeness (QED) is 0.448. The van der Waals surface area contributed by atoms with Crippen molar-refractivity contribution in [2.45, 2.75) is 57.4 Å². The molecule has 0 saturated heterocycles. The molecule has 5 rings (SSSR count). The maximum Gasteiger partial charge on any atom is 0.244 e. The van der Waals surface area contributed by atoms with Crippen LogP contribution in [-0.2, 0) is 5.41 Å². The second-order valence-electron chi connectivity index (χ2n) is 7.91. The summed E-state index contributed by atoms with van der Waals surface area (Å²) in [5.74, 6) is 0. The fraction of sp³-hybridized carbons (Fsp3) is 0.409. The van der Waals surface area contributed by atoms with Gasteiger partial charge in [-0.15, -0.1) is 0 Å². The molecular weight excluding hydrogens is 292 g/mol. The Balaban J connectivity index is 1.84. The van der Waals surface area contributed by atoms with Crippen LogP contribution in [0.1, 0.15) is 63.1 Å². The number of hydrogen-bond acceptors (Lipinski definition) is 0. The van der Waals surface area contributed by atoms with Gasteiger partial charge >= 0.3 is 0 Å². The first-order chi connectivity index (χ1) is 11.7. The molecule has 1 aromatic heterocycles. The lowest BCUT2D eigenvalue weighted by Gasteiger charge is -2.35. The van der Waals surface area contributed by atoms with Gasteiger partial charge in [0.1, 0.15) is 0 Å². The standard InChI is InChI=1S/C22H24N2/c1-22(2)17-11-6-7-13-19(17)24-15-23(16-9-4-3-5-10-16)20-14-8-12-18(22)21(20)24/h6-8,11-14,16H,3-5,9-10H2,1-2H3. The van der Waals surface area contributed by atoms with Crippen LogP contribution in [0.4, 0.5) is 0 Å². The van der Waals surface area contributed by atoms with Crippen LogP contribution in [0.15, 0.2) is 42.5 Å². The molecule has 1 aliphatic heterocycles. The fourth-order valence-corrected chi connectivity index (χ4v) is 4.81. The van der Waals surface area contributed by atoms with Crippen molar-refractivity contribution in [2.24, 2.45) is 0 Å². The van der Waals surface area contributed by atoms with Gasteiger partial charge in [0.2, 0.25) is 6.33 Å². The van der Waals surface area contributed by atoms with Crippen molar-refractivity contribution in [3.63, 3.8) is 0 Å². The largest absolute Gasteiger partial charge is 0.319 e. The molecule has 122 valence electrons. The smallest absolute Gasteiger partial charge is 0.244 e. The van der Waals surface area contributed by atoms with E-state index >= 15 is 0 Å². The van der Waals surface area contributed by atoms with E-state index in [1.807, 2.05) is 0 Å². The normalized spacial score (nSPS) is 19.4. The van der Waals surface area contributed by atoms with Gasteiger partial charge in [-0.25, -0.2) is 0 Å². The number of imidazole rings is 1. The van der Waals surface area contributed by atoms with Gasteiger partial charge in [0.15, 0.2) is 0 Å². The van der Waals surface area contributed by atoms with Gasteiger partial charge in [0.25, 0.3) is 0 Å². The first-order valence-corrected chi connectivity index (χ1v) is 9.26. The molecule has 2 aliphatic rings. The van der Waals surface area contributed by atoms with Gasteiger partial charge in [-0.05, 0) is 36.8 Å². The minimum atomic E-state index is 0.0304. The molecule has 1 saturated carbocycles. The molecule has 24 heavy (non-hydrogen) atoms. The predicted octanol–water partition coefficient (Wildman–Crippen LogP) is 4.86. The maximum atomic E-state index is 3.73. The molecule has 0 spiro atoms. The average Bonchev–Trinajstić information content (AvgIpc) is 3.01. The highest BCUT2D eigenvalue weighted by Crippen LogP contribution is 2.41. The molecule has 3 aromatic rings. The molecule has 2 heterocycles. The van der Waals surface area contributed by atoms with Crippen molar-refractivity contribution in [2.75, 3.05) is 0 Å². The lowest BCUT2D eigenvalue weighted by atomic mass is 9.75. The molecule has 0 N–H and O–H groups in total. The summed E-state index contributed by atoms with van der Waals surface area (Å²) in [6.45, 7) is 4.70. The predicted molar refractivity (Wildman–Crippen MR) is 96.6 cm³/mol. The average molecular weight is 316 g/mol. The summed E-state index contributed by atoms with van der Waals surface area (Å²) < 4.78 is 4.76. The Morgan fingerprint density at radius 1 is 0.958 bits per heavy atom. The first kappa shape index (κ1) is 14.3. The van der Waals surface area contributed by atoms with Crippen molar-refractivity contribution >= 4 is 11.0 Å². The summed E-state index contributed by atoms with van der Waals surface area (Å²) in [5.41, 5.74) is 6.84. The van der Waals surface area contributed by atoms with E-state index in [-0.39, 0.29) is 5.41 Å². The van der Waals surface area contributed by atoms with Crippen molar-refractivity contribution in [1.29, 1.82) is 0 Å². The summed E-state index contributed by atoms with van der Waals surface area (Å²) in [6, 6.07) is 16.2. The topological polar surface area (TPSA) is 8.81 Å². The maximum absolute atomic E-state index is 3.73. The van der Waals surface area contributed by atoms with Crippen LogP contribution in [0.25, 0.3) is 16.7 Å². The van der Waals surface area contributed by atoms with E-state index < -0.39 is 0 Å². The van der Waals surface area contributed by atoms with Crippen LogP contribution in [0, 0.1) is 6.33 Å². The van der Waals surface area contributed by atoms with Gasteiger partial charge in [-0.3, -0.25) is 0 Å². The van der Waals surface area contributed by atoms with Gasteiger partial charge in [0, 0.05) is 5.41 Å². The highest BCUT2D eigenvalue weighted by Gasteiger charge is 2.34. The minimum absolute atomic E-state index is 0.0304. The molecule has 2 aromatic carbocycles. The van der Waals surface area contributed by atoms with Crippen molar-refractivity contribution in [3.05, 3.63) is 59.9 Å². The molecule has 2 heteroatoms. The summed E-state index contributed by atoms with van der Waals surface area (Å²) in [4.78, 5) is 0. The molecule has 1 aliphatic carbocycles. The summed E-state index contributed by atoms with van der Waals surface area (Å²) >= 11 is 0. The lowest BCUT2D eigenvalue weighted by molar-refractivity contribution is -0.576. The summed E-state index contributed by atoms with van der Waals surface area (Å²) in [6.07, 6.45) is 10.4. The summed E-state index contributed by atoms with van der Waals surface area (Å²) in [5, 5.41) is 0. The van der Waals surface area contributed by atoms with Crippen LogP contribution in [-0.4, -0.2) is 4.57 Å². The number of para-hydroxylation sites is 2. The lowest BCUT2D eigenvalue weighted by Crippen LogP contribution is -2.40. The zero-order valence-electron chi connectivity index (χ0n) is 14.5. The summed E-state index contributed by atoms with van der Waals surface area (Å²) in [7, 11) is 0. The number of hydrogen-bond donors (Lipinski definition) is 0. The Hall–Kier alpha value is -2.09. The fourth-order valence-electron chi connectivity index (χ4n) is 4.81. The van der Waals surface area contributed by atoms with Crippen molar-refractivity contribution in [3.8, 4) is 5.69 Å². The molecule has 0 radical (unpaired) electrons. The van der Waals surface area contributed by atoms with Crippen LogP contribution in [0.3, 0.4) is 0 Å². The van der Waals surface area contributed by atoms with E-state index in [9.17, 15) is 0 Å². The Labute approximate surface area is 143 Å². The van der Waals surface area contributed by atoms with E-state index in [1.54, 1.807) is 0 Å². The second-order valence-corrected chi connectivity index (χ2v) is 7.91. The van der Waals surface area contributed by atoms with Crippen molar-refractivity contribution in [1.82, 2.24) is 4.57 Å². The number of aromatic nitrogens is 2. The Morgan fingerprint density at radius 3 is 2.54 bits per heavy atom. The molecule has 0 bridgehead atoms. The van der Waals surface area contributed by atoms with Crippen LogP contribution in [0.2, 0.25) is 0 Å². The zero-order chi connectivity index (χ0) is 16.3. The highest BCUT2D eigenvalue weighted by molar-refractivity contribution is 5.80. The third-order valence-corrected chi connectivity index (χ3v) is 6.14. The monoisotopic (exact) mass is 316 g/mol. The minimum Gasteiger partial charge on any atom is -0.319 e. The molecule has 0 atom stereocenters. The number of rotatable bonds is 1. The van der Waals surface area contributed by atoms with Crippen LogP contribution in [0.5, 0.6) is 0 Å². The van der Waals surface area contributed by atoms with Gasteiger partial charge < -0.3 is 9.13 Å². The SMILES string of the molecule is CC1(C)c2ccccc2-[n+]2[c-]n(C3CCCCC3)c3cccc1c32. The molecule has 0 unspecified atom stereocenters. The van der Waals surface area contributed by atoms with E-state index in [0.717, 1.165) is 0 Å². The molecule has 2 nitrogen and oxygen atoms in total. The van der Waals surface area contributed by atoms with E-state index in [1.165, 1.54) is 60.0 Å². The van der Waals surface area contributed by atoms with Crippen LogP contribution < -0.4 is 4.57 Å². The Kier molecular flexibility index (Phi) is 2.94. The van der Waals surface area contributed by atoms with Crippen molar-refractivity contribution < 1.29 is 4.57 Å². The first-order valence-electron chi connectivity index (χ1n) is 9.26. The molecule has 0 amide bonds. The highest BCUT2D eigenvalue weighted by atomic mass is 15.2. The van der Waals surface area contributed by atoms with Gasteiger partial charge in [0.05, 0.1) is 22.8 Å². The third kappa shape index (κ3) is 1.80. The van der Waals surface area contributed by atoms with Gasteiger partial charge in [-0.1, -0.05) is 62.7 Å². The number of benzene rings is 2. The molecular formula is C22H24N2. The van der Waals surface area contributed by atoms with E-state index in [4.69, 9.17) is 0 Å². The third-order valence-electron chi connectivity index (χ3n) is 6.14. The number of nitrogens with zero attached hydrogens (tertiary/aromatic N) is 2. The van der Waals surface area contributed by atoms with E-state index in [0.29, 0.717) is 6.04 Å². The zero-order valence-corrected chi connectivity index (χ0v) is 14.5. The Morgan fingerprint density at radius 2 is 1.71 bits per heavy atom. The van der Waals surface area contributed by atoms with E-state index in [2.05, 4.69) is 71.8 Å². The Bertz CT molecular complexity index is 926. The molecule has 1 fully saturated rings.